The molecule has 2 aromatic heterocycles. The highest BCUT2D eigenvalue weighted by molar-refractivity contribution is 8.16. The molecule has 1 unspecified atom stereocenters. The van der Waals surface area contributed by atoms with Crippen LogP contribution in [0.3, 0.4) is 0 Å². The van der Waals surface area contributed by atoms with Crippen molar-refractivity contribution in [2.45, 2.75) is 9.86 Å². The minimum atomic E-state index is -0.379. The van der Waals surface area contributed by atoms with E-state index in [1.54, 1.807) is 35.7 Å². The summed E-state index contributed by atoms with van der Waals surface area (Å²) in [4.78, 5) is 16.4. The Morgan fingerprint density at radius 1 is 1.52 bits per heavy atom. The van der Waals surface area contributed by atoms with Crippen molar-refractivity contribution in [2.75, 3.05) is 18.8 Å². The third kappa shape index (κ3) is 2.38. The number of ether oxygens (including phenoxy) is 1. The fourth-order valence-corrected chi connectivity index (χ4v) is 4.06. The second-order valence-electron chi connectivity index (χ2n) is 4.91. The molecule has 0 saturated heterocycles. The molecule has 0 spiro atoms. The Morgan fingerprint density at radius 2 is 2.39 bits per heavy atom. The van der Waals surface area contributed by atoms with Gasteiger partial charge in [0.2, 0.25) is 0 Å². The number of nitrogens with zero attached hydrogens (tertiary/aromatic N) is 2. The number of benzene rings is 1. The molecule has 0 radical (unpaired) electrons. The molecule has 6 nitrogen and oxygen atoms in total. The number of rotatable bonds is 3. The van der Waals surface area contributed by atoms with Crippen LogP contribution in [0.4, 0.5) is 0 Å². The number of hydrogen-bond donors (Lipinski definition) is 1. The fraction of sp³-hybridized carbons (Fsp3) is 0.200. The molecular weight excluding hydrogens is 334 g/mol. The lowest BCUT2D eigenvalue weighted by molar-refractivity contribution is 0.0603. The van der Waals surface area contributed by atoms with Crippen LogP contribution in [-0.4, -0.2) is 33.7 Å². The number of carbonyl (C=O) groups is 1. The van der Waals surface area contributed by atoms with E-state index >= 15 is 0 Å². The molecule has 23 heavy (non-hydrogen) atoms. The summed E-state index contributed by atoms with van der Waals surface area (Å²) in [7, 11) is 1.37. The number of fused-ring (bicyclic) bond motifs is 2. The molecule has 8 heteroatoms. The van der Waals surface area contributed by atoms with E-state index in [1.807, 2.05) is 29.3 Å². The van der Waals surface area contributed by atoms with E-state index in [0.717, 1.165) is 16.2 Å². The van der Waals surface area contributed by atoms with Gasteiger partial charge in [0.25, 0.3) is 0 Å². The van der Waals surface area contributed by atoms with Gasteiger partial charge in [-0.2, -0.15) is 0 Å². The van der Waals surface area contributed by atoms with Crippen LogP contribution < -0.4 is 5.43 Å². The van der Waals surface area contributed by atoms with Gasteiger partial charge in [-0.1, -0.05) is 6.07 Å². The Balaban J connectivity index is 1.75. The van der Waals surface area contributed by atoms with Crippen molar-refractivity contribution < 1.29 is 13.9 Å². The molecule has 0 fully saturated rings. The van der Waals surface area contributed by atoms with Crippen molar-refractivity contribution >= 4 is 40.5 Å². The summed E-state index contributed by atoms with van der Waals surface area (Å²) < 4.78 is 12.8. The number of thioether (sulfide) groups is 2. The first kappa shape index (κ1) is 14.5. The van der Waals surface area contributed by atoms with Crippen LogP contribution in [-0.2, 0) is 4.74 Å². The van der Waals surface area contributed by atoms with E-state index in [4.69, 9.17) is 9.15 Å². The smallest absolute Gasteiger partial charge is 0.338 e. The molecule has 1 aromatic carbocycles. The Morgan fingerprint density at radius 3 is 3.13 bits per heavy atom. The first-order valence-corrected chi connectivity index (χ1v) is 9.03. The van der Waals surface area contributed by atoms with Gasteiger partial charge in [0.15, 0.2) is 10.9 Å². The zero-order valence-electron chi connectivity index (χ0n) is 12.4. The molecular formula is C15H13N3O3S2. The average molecular weight is 347 g/mol. The van der Waals surface area contributed by atoms with Crippen LogP contribution in [0.15, 0.2) is 40.0 Å². The second-order valence-corrected chi connectivity index (χ2v) is 7.23. The van der Waals surface area contributed by atoms with Crippen LogP contribution >= 0.6 is 23.5 Å². The molecule has 0 bridgehead atoms. The lowest BCUT2D eigenvalue weighted by Gasteiger charge is -2.05. The summed E-state index contributed by atoms with van der Waals surface area (Å²) >= 11 is 3.38. The van der Waals surface area contributed by atoms with Crippen molar-refractivity contribution in [1.29, 1.82) is 0 Å². The van der Waals surface area contributed by atoms with Crippen molar-refractivity contribution in [1.82, 2.24) is 9.66 Å². The minimum absolute atomic E-state index is 0.271. The number of carbonyl (C=O) groups excluding carboxylic acids is 1. The molecule has 4 rings (SSSR count). The van der Waals surface area contributed by atoms with Gasteiger partial charge in [-0.3, -0.25) is 0 Å². The van der Waals surface area contributed by atoms with Gasteiger partial charge in [-0.25, -0.2) is 14.5 Å². The van der Waals surface area contributed by atoms with Crippen LogP contribution in [0.2, 0.25) is 0 Å². The molecule has 3 heterocycles. The van der Waals surface area contributed by atoms with Gasteiger partial charge in [0, 0.05) is 5.39 Å². The zero-order chi connectivity index (χ0) is 16.0. The van der Waals surface area contributed by atoms with Crippen molar-refractivity contribution in [2.24, 2.45) is 0 Å². The third-order valence-electron chi connectivity index (χ3n) is 3.56. The van der Waals surface area contributed by atoms with Crippen LogP contribution in [0, 0.1) is 0 Å². The fourth-order valence-electron chi connectivity index (χ4n) is 2.47. The number of furan rings is 1. The summed E-state index contributed by atoms with van der Waals surface area (Å²) in [5.74, 6) is 0.247. The van der Waals surface area contributed by atoms with E-state index in [1.165, 1.54) is 7.11 Å². The molecule has 0 amide bonds. The van der Waals surface area contributed by atoms with Crippen molar-refractivity contribution in [3.8, 4) is 11.5 Å². The maximum absolute atomic E-state index is 11.9. The van der Waals surface area contributed by atoms with Crippen LogP contribution in [0.25, 0.3) is 22.4 Å². The number of hydrogen-bond acceptors (Lipinski definition) is 7. The Hall–Kier alpha value is -2.06. The monoisotopic (exact) mass is 347 g/mol. The van der Waals surface area contributed by atoms with Crippen LogP contribution in [0.1, 0.15) is 10.4 Å². The quantitative estimate of drug-likeness (QED) is 0.728. The molecule has 0 aliphatic carbocycles. The highest BCUT2D eigenvalue weighted by Gasteiger charge is 2.24. The maximum atomic E-state index is 11.9. The molecule has 0 saturated carbocycles. The predicted octanol–water partition coefficient (Wildman–Crippen LogP) is 3.38. The van der Waals surface area contributed by atoms with Crippen molar-refractivity contribution in [3.63, 3.8) is 0 Å². The lowest BCUT2D eigenvalue weighted by atomic mass is 10.1. The first-order valence-electron chi connectivity index (χ1n) is 6.86. The maximum Gasteiger partial charge on any atom is 0.338 e. The van der Waals surface area contributed by atoms with E-state index in [-0.39, 0.29) is 10.7 Å². The zero-order valence-corrected chi connectivity index (χ0v) is 14.0. The number of aromatic nitrogens is 2. The molecule has 1 atom stereocenters. The van der Waals surface area contributed by atoms with Crippen molar-refractivity contribution in [3.05, 3.63) is 36.0 Å². The number of esters is 1. The standard InChI is InChI=1S/C15H13N3O3S2/c1-20-13(19)8-4-3-5-11-9(8)6-12(21-11)10-7-18-14(16-10)23-15(17-18)22-2/h3-7,15,17H,1-2H3. The second kappa shape index (κ2) is 5.54. The Labute approximate surface area is 140 Å². The normalized spacial score (nSPS) is 16.3. The SMILES string of the molecule is COC(=O)c1cccc2oc(-c3cn4c(n3)SC(SC)N4)cc12. The Bertz CT molecular complexity index is 879. The summed E-state index contributed by atoms with van der Waals surface area (Å²) in [6, 6.07) is 7.15. The average Bonchev–Trinajstić information content (AvgIpc) is 3.24. The van der Waals surface area contributed by atoms with Gasteiger partial charge in [-0.15, -0.1) is 11.8 Å². The number of methoxy groups -OCH3 is 1. The topological polar surface area (TPSA) is 69.3 Å². The van der Waals surface area contributed by atoms with Gasteiger partial charge in [0.1, 0.15) is 16.0 Å². The van der Waals surface area contributed by atoms with Gasteiger partial charge in [-0.05, 0) is 36.2 Å². The molecule has 1 aliphatic rings. The van der Waals surface area contributed by atoms with E-state index < -0.39 is 0 Å². The predicted molar refractivity (Wildman–Crippen MR) is 91.3 cm³/mol. The van der Waals surface area contributed by atoms with Gasteiger partial charge < -0.3 is 14.6 Å². The van der Waals surface area contributed by atoms with Gasteiger partial charge in [0.05, 0.1) is 18.9 Å². The minimum Gasteiger partial charge on any atom is -0.465 e. The third-order valence-corrected chi connectivity index (χ3v) is 5.78. The largest absolute Gasteiger partial charge is 0.465 e. The summed E-state index contributed by atoms with van der Waals surface area (Å²) in [5.41, 5.74) is 5.16. The Kier molecular flexibility index (Phi) is 3.50. The highest BCUT2D eigenvalue weighted by atomic mass is 32.2. The molecule has 3 aromatic rings. The van der Waals surface area contributed by atoms with E-state index in [2.05, 4.69) is 10.4 Å². The summed E-state index contributed by atoms with van der Waals surface area (Å²) in [6.45, 7) is 0. The summed E-state index contributed by atoms with van der Waals surface area (Å²) in [6.07, 6.45) is 3.94. The molecule has 1 aliphatic heterocycles. The molecule has 118 valence electrons. The lowest BCUT2D eigenvalue weighted by Crippen LogP contribution is -2.13. The highest BCUT2D eigenvalue weighted by Crippen LogP contribution is 2.36. The summed E-state index contributed by atoms with van der Waals surface area (Å²) in [5, 5.41) is 1.62. The number of nitrogens with one attached hydrogen (secondary N) is 1. The van der Waals surface area contributed by atoms with E-state index in [9.17, 15) is 4.79 Å². The van der Waals surface area contributed by atoms with Crippen LogP contribution in [0.5, 0.6) is 0 Å². The molecule has 1 N–H and O–H groups in total. The number of imidazole rings is 1. The van der Waals surface area contributed by atoms with Gasteiger partial charge >= 0.3 is 5.97 Å². The first-order chi connectivity index (χ1) is 11.2. The van der Waals surface area contributed by atoms with E-state index in [0.29, 0.717) is 16.9 Å².